The SMILES string of the molecule is C=CC(=O)N1CCn2nc(-c3nc(-c4ccc5c(c4)CCN(C)C5)c4ccsc4c3-c3c(F)cc(F)cc3OC(C)C)cc2[C@H]1C. The molecule has 5 heterocycles. The summed E-state index contributed by atoms with van der Waals surface area (Å²) < 4.78 is 39.4. The van der Waals surface area contributed by atoms with E-state index in [1.807, 2.05) is 43.0 Å². The van der Waals surface area contributed by atoms with Crippen molar-refractivity contribution in [2.75, 3.05) is 20.1 Å². The molecule has 5 aromatic rings. The first-order valence-electron chi connectivity index (χ1n) is 15.5. The minimum Gasteiger partial charge on any atom is -0.490 e. The number of aromatic nitrogens is 3. The molecule has 0 bridgehead atoms. The van der Waals surface area contributed by atoms with Gasteiger partial charge in [-0.2, -0.15) is 5.10 Å². The highest BCUT2D eigenvalue weighted by molar-refractivity contribution is 7.18. The molecule has 0 unspecified atom stereocenters. The second-order valence-corrected chi connectivity index (χ2v) is 13.3. The number of nitrogens with zero attached hydrogens (tertiary/aromatic N) is 5. The van der Waals surface area contributed by atoms with Gasteiger partial charge < -0.3 is 14.5 Å². The monoisotopic (exact) mass is 639 g/mol. The van der Waals surface area contributed by atoms with Crippen LogP contribution in [0.2, 0.25) is 0 Å². The molecule has 7 rings (SSSR count). The molecule has 0 aliphatic carbocycles. The van der Waals surface area contributed by atoms with E-state index in [-0.39, 0.29) is 29.4 Å². The van der Waals surface area contributed by atoms with E-state index in [1.165, 1.54) is 34.6 Å². The summed E-state index contributed by atoms with van der Waals surface area (Å²) in [5.41, 5.74) is 6.84. The van der Waals surface area contributed by atoms with E-state index >= 15 is 4.39 Å². The molecule has 236 valence electrons. The van der Waals surface area contributed by atoms with Crippen molar-refractivity contribution in [1.29, 1.82) is 0 Å². The van der Waals surface area contributed by atoms with Gasteiger partial charge in [-0.3, -0.25) is 9.48 Å². The molecule has 1 amide bonds. The topological polar surface area (TPSA) is 63.5 Å². The zero-order valence-corrected chi connectivity index (χ0v) is 27.1. The average molecular weight is 640 g/mol. The molecule has 0 saturated carbocycles. The summed E-state index contributed by atoms with van der Waals surface area (Å²) in [5, 5.41) is 7.82. The van der Waals surface area contributed by atoms with Gasteiger partial charge >= 0.3 is 0 Å². The smallest absolute Gasteiger partial charge is 0.246 e. The first-order chi connectivity index (χ1) is 22.1. The summed E-state index contributed by atoms with van der Waals surface area (Å²) in [7, 11) is 2.13. The molecule has 10 heteroatoms. The van der Waals surface area contributed by atoms with Crippen LogP contribution < -0.4 is 4.74 Å². The van der Waals surface area contributed by atoms with Crippen molar-refractivity contribution in [2.24, 2.45) is 0 Å². The lowest BCUT2D eigenvalue weighted by atomic mass is 9.93. The Bertz CT molecular complexity index is 2020. The van der Waals surface area contributed by atoms with Gasteiger partial charge in [0.15, 0.2) is 0 Å². The Morgan fingerprint density at radius 3 is 2.67 bits per heavy atom. The number of rotatable bonds is 6. The third kappa shape index (κ3) is 5.19. The Balaban J connectivity index is 1.50. The van der Waals surface area contributed by atoms with Crippen molar-refractivity contribution in [3.05, 3.63) is 89.0 Å². The van der Waals surface area contributed by atoms with E-state index in [0.29, 0.717) is 30.0 Å². The summed E-state index contributed by atoms with van der Waals surface area (Å²) in [6.07, 6.45) is 1.95. The molecule has 2 aromatic carbocycles. The van der Waals surface area contributed by atoms with E-state index in [9.17, 15) is 9.18 Å². The fourth-order valence-electron chi connectivity index (χ4n) is 6.68. The maximum absolute atomic E-state index is 16.1. The molecule has 0 radical (unpaired) electrons. The fraction of sp³-hybridized carbons (Fsp3) is 0.306. The van der Waals surface area contributed by atoms with Gasteiger partial charge in [-0.1, -0.05) is 18.7 Å². The van der Waals surface area contributed by atoms with Crippen LogP contribution in [-0.2, 0) is 24.3 Å². The molecule has 2 aliphatic rings. The highest BCUT2D eigenvalue weighted by atomic mass is 32.1. The summed E-state index contributed by atoms with van der Waals surface area (Å²) in [4.78, 5) is 22.0. The van der Waals surface area contributed by atoms with Crippen LogP contribution >= 0.6 is 11.3 Å². The number of pyridine rings is 1. The van der Waals surface area contributed by atoms with E-state index in [0.717, 1.165) is 52.6 Å². The largest absolute Gasteiger partial charge is 0.490 e. The van der Waals surface area contributed by atoms with Gasteiger partial charge in [0.1, 0.15) is 28.8 Å². The predicted octanol–water partition coefficient (Wildman–Crippen LogP) is 7.64. The van der Waals surface area contributed by atoms with Crippen molar-refractivity contribution < 1.29 is 18.3 Å². The number of carbonyl (C=O) groups is 1. The molecular formula is C36H35F2N5O2S. The van der Waals surface area contributed by atoms with Crippen LogP contribution in [0.1, 0.15) is 43.6 Å². The number of carbonyl (C=O) groups excluding carboxylic acids is 1. The maximum Gasteiger partial charge on any atom is 0.246 e. The summed E-state index contributed by atoms with van der Waals surface area (Å²) >= 11 is 1.48. The van der Waals surface area contributed by atoms with Crippen LogP contribution in [0.4, 0.5) is 8.78 Å². The van der Waals surface area contributed by atoms with Crippen molar-refractivity contribution in [1.82, 2.24) is 24.6 Å². The second-order valence-electron chi connectivity index (χ2n) is 12.3. The Morgan fingerprint density at radius 2 is 1.89 bits per heavy atom. The third-order valence-electron chi connectivity index (χ3n) is 8.88. The van der Waals surface area contributed by atoms with Gasteiger partial charge in [0.05, 0.1) is 35.6 Å². The molecule has 46 heavy (non-hydrogen) atoms. The van der Waals surface area contributed by atoms with Gasteiger partial charge in [-0.05, 0) is 75.0 Å². The van der Waals surface area contributed by atoms with Crippen molar-refractivity contribution >= 4 is 27.3 Å². The Kier molecular flexibility index (Phi) is 7.73. The molecule has 1 atom stereocenters. The number of likely N-dealkylation sites (N-methyl/N-ethyl adjacent to an activating group) is 1. The van der Waals surface area contributed by atoms with Gasteiger partial charge in [0.2, 0.25) is 5.91 Å². The minimum atomic E-state index is -0.737. The normalized spacial score (nSPS) is 16.5. The fourth-order valence-corrected chi connectivity index (χ4v) is 7.63. The number of amides is 1. The number of thiophene rings is 1. The Morgan fingerprint density at radius 1 is 1.07 bits per heavy atom. The Labute approximate surface area is 270 Å². The van der Waals surface area contributed by atoms with Crippen molar-refractivity contribution in [2.45, 2.75) is 52.4 Å². The highest BCUT2D eigenvalue weighted by Gasteiger charge is 2.31. The van der Waals surface area contributed by atoms with E-state index in [1.54, 1.807) is 4.90 Å². The van der Waals surface area contributed by atoms with Crippen LogP contribution in [0.5, 0.6) is 5.75 Å². The van der Waals surface area contributed by atoms with E-state index < -0.39 is 11.6 Å². The zero-order valence-electron chi connectivity index (χ0n) is 26.3. The number of fused-ring (bicyclic) bond motifs is 3. The number of halogens is 2. The van der Waals surface area contributed by atoms with E-state index in [4.69, 9.17) is 14.8 Å². The predicted molar refractivity (Wildman–Crippen MR) is 178 cm³/mol. The standard InChI is InChI=1S/C36H35F2N5O2S/c1-6-31(44)42-12-13-43-29(21(42)4)18-28(40-43)35-33(32-27(38)16-25(37)17-30(32)45-20(2)3)36-26(10-14-46-36)34(39-35)23-7-8-24-19-41(5)11-9-22(24)15-23/h6-8,10,14-18,20-21H,1,9,11-13,19H2,2-5H3/t21-/m1/s1. The van der Waals surface area contributed by atoms with Crippen LogP contribution in [-0.4, -0.2) is 56.7 Å². The lowest BCUT2D eigenvalue weighted by Crippen LogP contribution is -2.40. The molecule has 0 spiro atoms. The van der Waals surface area contributed by atoms with E-state index in [2.05, 4.69) is 36.7 Å². The second kappa shape index (κ2) is 11.7. The van der Waals surface area contributed by atoms with Crippen LogP contribution in [0.15, 0.2) is 60.5 Å². The van der Waals surface area contributed by atoms with Gasteiger partial charge in [-0.25, -0.2) is 13.8 Å². The first-order valence-corrected chi connectivity index (χ1v) is 16.4. The summed E-state index contributed by atoms with van der Waals surface area (Å²) in [5.74, 6) is -1.50. The lowest BCUT2D eigenvalue weighted by molar-refractivity contribution is -0.129. The average Bonchev–Trinajstić information content (AvgIpc) is 3.68. The van der Waals surface area contributed by atoms with Crippen LogP contribution in [0.25, 0.3) is 43.9 Å². The van der Waals surface area contributed by atoms with Gasteiger partial charge in [-0.15, -0.1) is 11.3 Å². The third-order valence-corrected chi connectivity index (χ3v) is 9.81. The Hall–Kier alpha value is -4.41. The van der Waals surface area contributed by atoms with Gasteiger partial charge in [0, 0.05) is 53.0 Å². The quantitative estimate of drug-likeness (QED) is 0.179. The van der Waals surface area contributed by atoms with Crippen LogP contribution in [0.3, 0.4) is 0 Å². The van der Waals surface area contributed by atoms with Crippen molar-refractivity contribution in [3.63, 3.8) is 0 Å². The zero-order chi connectivity index (χ0) is 32.3. The number of hydrogen-bond donors (Lipinski definition) is 0. The minimum absolute atomic E-state index is 0.107. The molecule has 0 N–H and O–H groups in total. The number of ether oxygens (including phenoxy) is 1. The molecule has 0 saturated heterocycles. The molecule has 3 aromatic heterocycles. The lowest BCUT2D eigenvalue weighted by Gasteiger charge is -2.33. The molecule has 0 fully saturated rings. The summed E-state index contributed by atoms with van der Waals surface area (Å²) in [6.45, 7) is 12.1. The number of benzene rings is 2. The molecule has 7 nitrogen and oxygen atoms in total. The molecular weight excluding hydrogens is 604 g/mol. The van der Waals surface area contributed by atoms with Gasteiger partial charge in [0.25, 0.3) is 0 Å². The first kappa shape index (κ1) is 30.3. The highest BCUT2D eigenvalue weighted by Crippen LogP contribution is 2.47. The number of hydrogen-bond acceptors (Lipinski definition) is 6. The summed E-state index contributed by atoms with van der Waals surface area (Å²) in [6, 6.07) is 12.3. The van der Waals surface area contributed by atoms with Crippen molar-refractivity contribution in [3.8, 4) is 39.5 Å². The molecule has 2 aliphatic heterocycles. The maximum atomic E-state index is 16.1. The van der Waals surface area contributed by atoms with Crippen LogP contribution in [0, 0.1) is 11.6 Å².